The topological polar surface area (TPSA) is 61.8 Å². The molecule has 2 N–H and O–H groups in total. The Balaban J connectivity index is 3.64. The van der Waals surface area contributed by atoms with E-state index in [0.717, 1.165) is 0 Å². The normalized spacial score (nSPS) is 11.9. The molecule has 0 heterocycles. The molecule has 0 aliphatic carbocycles. The molecule has 5 nitrogen and oxygen atoms in total. The van der Waals surface area contributed by atoms with Gasteiger partial charge >= 0.3 is 6.03 Å². The van der Waals surface area contributed by atoms with Crippen molar-refractivity contribution in [1.29, 1.82) is 0 Å². The van der Waals surface area contributed by atoms with E-state index in [-0.39, 0.29) is 19.2 Å². The lowest BCUT2D eigenvalue weighted by atomic mass is 10.3. The van der Waals surface area contributed by atoms with E-state index in [1.165, 1.54) is 4.90 Å². The van der Waals surface area contributed by atoms with Crippen molar-refractivity contribution >= 4 is 6.03 Å². The molecule has 2 amide bonds. The van der Waals surface area contributed by atoms with Gasteiger partial charge in [-0.25, -0.2) is 4.79 Å². The minimum Gasteiger partial charge on any atom is -0.389 e. The second-order valence-electron chi connectivity index (χ2n) is 2.92. The molecular formula is C9H18N2O3. The first-order valence-corrected chi connectivity index (χ1v) is 4.41. The summed E-state index contributed by atoms with van der Waals surface area (Å²) in [5.74, 6) is 0. The molecule has 0 spiro atoms. The number of ether oxygens (including phenoxy) is 1. The average Bonchev–Trinajstić information content (AvgIpc) is 2.16. The number of aliphatic hydroxyl groups is 1. The van der Waals surface area contributed by atoms with Crippen molar-refractivity contribution in [2.45, 2.75) is 6.10 Å². The van der Waals surface area contributed by atoms with E-state index in [2.05, 4.69) is 11.9 Å². The van der Waals surface area contributed by atoms with Crippen molar-refractivity contribution in [1.82, 2.24) is 10.2 Å². The fourth-order valence-electron chi connectivity index (χ4n) is 0.930. The summed E-state index contributed by atoms with van der Waals surface area (Å²) in [5.41, 5.74) is 0. The molecule has 0 fully saturated rings. The van der Waals surface area contributed by atoms with Crippen LogP contribution in [0.1, 0.15) is 0 Å². The third-order valence-corrected chi connectivity index (χ3v) is 1.59. The molecule has 1 unspecified atom stereocenters. The van der Waals surface area contributed by atoms with E-state index in [9.17, 15) is 9.90 Å². The van der Waals surface area contributed by atoms with Gasteiger partial charge in [0, 0.05) is 14.1 Å². The molecule has 0 aromatic rings. The lowest BCUT2D eigenvalue weighted by Crippen LogP contribution is -2.41. The minimum atomic E-state index is -0.669. The molecule has 1 atom stereocenters. The molecule has 0 rings (SSSR count). The number of hydrogen-bond acceptors (Lipinski definition) is 3. The van der Waals surface area contributed by atoms with E-state index in [4.69, 9.17) is 4.74 Å². The summed E-state index contributed by atoms with van der Waals surface area (Å²) in [6.45, 7) is 4.33. The van der Waals surface area contributed by atoms with Gasteiger partial charge in [0.05, 0.1) is 25.9 Å². The summed E-state index contributed by atoms with van der Waals surface area (Å²) in [5, 5.41) is 11.9. The number of rotatable bonds is 6. The van der Waals surface area contributed by atoms with Crippen molar-refractivity contribution in [2.24, 2.45) is 0 Å². The van der Waals surface area contributed by atoms with Crippen LogP contribution in [0.5, 0.6) is 0 Å². The molecule has 0 aliphatic heterocycles. The maximum atomic E-state index is 11.0. The van der Waals surface area contributed by atoms with Crippen LogP contribution < -0.4 is 5.32 Å². The van der Waals surface area contributed by atoms with Gasteiger partial charge in [0.25, 0.3) is 0 Å². The monoisotopic (exact) mass is 202 g/mol. The number of nitrogens with zero attached hydrogens (tertiary/aromatic N) is 1. The zero-order chi connectivity index (χ0) is 11.0. The first-order chi connectivity index (χ1) is 6.61. The fourth-order valence-corrected chi connectivity index (χ4v) is 0.930. The smallest absolute Gasteiger partial charge is 0.316 e. The van der Waals surface area contributed by atoms with Gasteiger partial charge in [-0.15, -0.1) is 6.58 Å². The Bertz CT molecular complexity index is 185. The van der Waals surface area contributed by atoms with Crippen LogP contribution in [0.25, 0.3) is 0 Å². The van der Waals surface area contributed by atoms with Crippen LogP contribution in [0.2, 0.25) is 0 Å². The number of likely N-dealkylation sites (N-methyl/N-ethyl adjacent to an activating group) is 1. The molecular weight excluding hydrogens is 184 g/mol. The predicted molar refractivity (Wildman–Crippen MR) is 54.1 cm³/mol. The standard InChI is InChI=1S/C9H18N2O3/c1-4-5-14-7-8(12)6-11(3)9(13)10-2/h4,8,12H,1,5-7H2,2-3H3,(H,10,13). The summed E-state index contributed by atoms with van der Waals surface area (Å²) >= 11 is 0. The Hall–Kier alpha value is -1.07. The minimum absolute atomic E-state index is 0.202. The third-order valence-electron chi connectivity index (χ3n) is 1.59. The van der Waals surface area contributed by atoms with Crippen LogP contribution in [0.3, 0.4) is 0 Å². The van der Waals surface area contributed by atoms with Crippen LogP contribution in [0.4, 0.5) is 4.79 Å². The van der Waals surface area contributed by atoms with E-state index in [1.807, 2.05) is 0 Å². The van der Waals surface area contributed by atoms with E-state index < -0.39 is 6.10 Å². The predicted octanol–water partition coefficient (Wildman–Crippen LogP) is -0.179. The van der Waals surface area contributed by atoms with Crippen molar-refractivity contribution in [2.75, 3.05) is 33.9 Å². The van der Waals surface area contributed by atoms with Crippen LogP contribution >= 0.6 is 0 Å². The molecule has 0 radical (unpaired) electrons. The van der Waals surface area contributed by atoms with E-state index in [0.29, 0.717) is 6.61 Å². The van der Waals surface area contributed by atoms with E-state index >= 15 is 0 Å². The van der Waals surface area contributed by atoms with Crippen molar-refractivity contribution in [3.8, 4) is 0 Å². The van der Waals surface area contributed by atoms with Gasteiger partial charge in [-0.05, 0) is 0 Å². The quantitative estimate of drug-likeness (QED) is 0.464. The van der Waals surface area contributed by atoms with Gasteiger partial charge < -0.3 is 20.1 Å². The number of urea groups is 1. The van der Waals surface area contributed by atoms with Gasteiger partial charge in [-0.3, -0.25) is 0 Å². The van der Waals surface area contributed by atoms with Gasteiger partial charge in [0.2, 0.25) is 0 Å². The Morgan fingerprint density at radius 3 is 2.93 bits per heavy atom. The number of amides is 2. The summed E-state index contributed by atoms with van der Waals surface area (Å²) < 4.78 is 5.03. The molecule has 0 aromatic heterocycles. The number of carbonyl (C=O) groups is 1. The van der Waals surface area contributed by atoms with Crippen molar-refractivity contribution < 1.29 is 14.6 Å². The zero-order valence-corrected chi connectivity index (χ0v) is 8.69. The Kier molecular flexibility index (Phi) is 6.78. The third kappa shape index (κ3) is 5.55. The van der Waals surface area contributed by atoms with Crippen LogP contribution in [-0.4, -0.2) is 56.0 Å². The second kappa shape index (κ2) is 7.34. The average molecular weight is 202 g/mol. The van der Waals surface area contributed by atoms with Gasteiger partial charge in [-0.2, -0.15) is 0 Å². The number of aliphatic hydroxyl groups excluding tert-OH is 1. The SMILES string of the molecule is C=CCOCC(O)CN(C)C(=O)NC. The first-order valence-electron chi connectivity index (χ1n) is 4.41. The van der Waals surface area contributed by atoms with Gasteiger partial charge in [0.15, 0.2) is 0 Å². The molecule has 14 heavy (non-hydrogen) atoms. The Morgan fingerprint density at radius 1 is 1.79 bits per heavy atom. The second-order valence-corrected chi connectivity index (χ2v) is 2.92. The van der Waals surface area contributed by atoms with Gasteiger partial charge in [0.1, 0.15) is 0 Å². The summed E-state index contributed by atoms with van der Waals surface area (Å²) in [6, 6.07) is -0.229. The lowest BCUT2D eigenvalue weighted by molar-refractivity contribution is 0.0363. The zero-order valence-electron chi connectivity index (χ0n) is 8.69. The van der Waals surface area contributed by atoms with Crippen LogP contribution in [0.15, 0.2) is 12.7 Å². The fraction of sp³-hybridized carbons (Fsp3) is 0.667. The maximum absolute atomic E-state index is 11.0. The maximum Gasteiger partial charge on any atom is 0.316 e. The largest absolute Gasteiger partial charge is 0.389 e. The molecule has 0 bridgehead atoms. The summed E-state index contributed by atoms with van der Waals surface area (Å²) in [4.78, 5) is 12.4. The number of hydrogen-bond donors (Lipinski definition) is 2. The molecule has 0 saturated carbocycles. The lowest BCUT2D eigenvalue weighted by Gasteiger charge is -2.19. The summed E-state index contributed by atoms with van der Waals surface area (Å²) in [7, 11) is 3.15. The highest BCUT2D eigenvalue weighted by Gasteiger charge is 2.11. The molecule has 0 aliphatic rings. The Labute approximate surface area is 84.3 Å². The van der Waals surface area contributed by atoms with Crippen LogP contribution in [0, 0.1) is 0 Å². The first kappa shape index (κ1) is 12.9. The Morgan fingerprint density at radius 2 is 2.43 bits per heavy atom. The van der Waals surface area contributed by atoms with Crippen LogP contribution in [-0.2, 0) is 4.74 Å². The van der Waals surface area contributed by atoms with E-state index in [1.54, 1.807) is 20.2 Å². The van der Waals surface area contributed by atoms with Gasteiger partial charge in [-0.1, -0.05) is 6.08 Å². The number of carbonyl (C=O) groups excluding carboxylic acids is 1. The van der Waals surface area contributed by atoms with Crippen molar-refractivity contribution in [3.63, 3.8) is 0 Å². The summed E-state index contributed by atoms with van der Waals surface area (Å²) in [6.07, 6.45) is 0.937. The molecule has 5 heteroatoms. The highest BCUT2D eigenvalue weighted by atomic mass is 16.5. The molecule has 0 aromatic carbocycles. The highest BCUT2D eigenvalue weighted by molar-refractivity contribution is 5.73. The highest BCUT2D eigenvalue weighted by Crippen LogP contribution is 1.91. The molecule has 82 valence electrons. The van der Waals surface area contributed by atoms with Crippen molar-refractivity contribution in [3.05, 3.63) is 12.7 Å². The molecule has 0 saturated heterocycles. The number of nitrogens with one attached hydrogen (secondary N) is 1.